The molecule has 0 heterocycles. The van der Waals surface area contributed by atoms with E-state index in [1.54, 1.807) is 0 Å². The lowest BCUT2D eigenvalue weighted by Gasteiger charge is -2.13. The molecule has 0 aliphatic heterocycles. The van der Waals surface area contributed by atoms with Gasteiger partial charge in [0.25, 0.3) is 0 Å². The number of carbonyl (C=O) groups excluding carboxylic acids is 2. The molecule has 174 valence electrons. The monoisotopic (exact) mass is 544 g/mol. The fraction of sp³-hybridized carbons (Fsp3) is 0.125. The van der Waals surface area contributed by atoms with Crippen LogP contribution in [0.4, 0.5) is 46.5 Å². The SMILES string of the molecule is O=C(Nc1cc(SSc2cc(NC(=O)C(F)(F)F)c(F)cc2Cl)c(Cl)cc1F)C(F)(F)F. The van der Waals surface area contributed by atoms with E-state index in [9.17, 15) is 44.7 Å². The number of nitrogens with one attached hydrogen (secondary N) is 2. The minimum atomic E-state index is -5.28. The first-order chi connectivity index (χ1) is 14.6. The van der Waals surface area contributed by atoms with Gasteiger partial charge in [-0.2, -0.15) is 26.3 Å². The molecule has 2 rings (SSSR count). The second kappa shape index (κ2) is 9.93. The van der Waals surface area contributed by atoms with Crippen molar-refractivity contribution in [3.8, 4) is 0 Å². The number of rotatable bonds is 5. The lowest BCUT2D eigenvalue weighted by molar-refractivity contribution is -0.167. The van der Waals surface area contributed by atoms with Crippen molar-refractivity contribution in [2.45, 2.75) is 22.1 Å². The number of hydrogen-bond donors (Lipinski definition) is 2. The van der Waals surface area contributed by atoms with Gasteiger partial charge in [-0.05, 0) is 24.3 Å². The van der Waals surface area contributed by atoms with Gasteiger partial charge in [-0.3, -0.25) is 9.59 Å². The summed E-state index contributed by atoms with van der Waals surface area (Å²) in [5.41, 5.74) is -1.69. The summed E-state index contributed by atoms with van der Waals surface area (Å²) in [5, 5.41) is 2.09. The first-order valence-electron chi connectivity index (χ1n) is 7.68. The molecule has 2 N–H and O–H groups in total. The van der Waals surface area contributed by atoms with Crippen molar-refractivity contribution < 1.29 is 44.7 Å². The van der Waals surface area contributed by atoms with Crippen molar-refractivity contribution in [2.24, 2.45) is 0 Å². The van der Waals surface area contributed by atoms with Gasteiger partial charge >= 0.3 is 24.2 Å². The molecule has 2 aromatic rings. The third kappa shape index (κ3) is 6.80. The smallest absolute Gasteiger partial charge is 0.316 e. The van der Waals surface area contributed by atoms with E-state index >= 15 is 0 Å². The van der Waals surface area contributed by atoms with Crippen molar-refractivity contribution in [3.05, 3.63) is 45.9 Å². The van der Waals surface area contributed by atoms with Crippen molar-refractivity contribution in [3.63, 3.8) is 0 Å². The Balaban J connectivity index is 2.26. The average Bonchev–Trinajstić information content (AvgIpc) is 2.64. The van der Waals surface area contributed by atoms with Gasteiger partial charge in [-0.25, -0.2) is 8.78 Å². The van der Waals surface area contributed by atoms with E-state index < -0.39 is 47.2 Å². The van der Waals surface area contributed by atoms with Crippen LogP contribution in [0.25, 0.3) is 0 Å². The first-order valence-corrected chi connectivity index (χ1v) is 10.6. The van der Waals surface area contributed by atoms with Crippen LogP contribution in [0.2, 0.25) is 10.0 Å². The summed E-state index contributed by atoms with van der Waals surface area (Å²) in [6.07, 6.45) is -10.6. The van der Waals surface area contributed by atoms with Crippen LogP contribution in [0, 0.1) is 11.6 Å². The largest absolute Gasteiger partial charge is 0.471 e. The van der Waals surface area contributed by atoms with E-state index in [-0.39, 0.29) is 19.8 Å². The maximum absolute atomic E-state index is 13.8. The van der Waals surface area contributed by atoms with Crippen LogP contribution < -0.4 is 10.6 Å². The zero-order valence-corrected chi connectivity index (χ0v) is 17.9. The lowest BCUT2D eigenvalue weighted by Crippen LogP contribution is -2.30. The maximum Gasteiger partial charge on any atom is 0.471 e. The molecule has 2 amide bonds. The third-order valence-corrected chi connectivity index (χ3v) is 6.57. The highest BCUT2D eigenvalue weighted by Crippen LogP contribution is 2.45. The number of benzene rings is 2. The molecule has 0 aromatic heterocycles. The van der Waals surface area contributed by atoms with Crippen LogP contribution in [-0.4, -0.2) is 24.2 Å². The Morgan fingerprint density at radius 2 is 1.00 bits per heavy atom. The van der Waals surface area contributed by atoms with E-state index in [4.69, 9.17) is 23.2 Å². The highest BCUT2D eigenvalue weighted by molar-refractivity contribution is 8.76. The van der Waals surface area contributed by atoms with E-state index in [1.807, 2.05) is 0 Å². The summed E-state index contributed by atoms with van der Waals surface area (Å²) in [6.45, 7) is 0. The fourth-order valence-electron chi connectivity index (χ4n) is 1.85. The van der Waals surface area contributed by atoms with Crippen molar-refractivity contribution in [1.82, 2.24) is 0 Å². The summed E-state index contributed by atoms with van der Waals surface area (Å²) in [5.74, 6) is -7.40. The molecule has 0 aliphatic carbocycles. The summed E-state index contributed by atoms with van der Waals surface area (Å²) in [6, 6.07) is 2.81. The Kier molecular flexibility index (Phi) is 8.18. The standard InChI is InChI=1S/C16H6Cl2F8N2O2S2/c17-5-1-7(19)9(27-13(29)15(21,22)23)3-11(5)31-32-12-4-10(8(20)2-6(12)18)28-14(30)16(24,25)26/h1-4H,(H,27,29)(H,28,30). The van der Waals surface area contributed by atoms with Crippen LogP contribution >= 0.6 is 44.8 Å². The number of anilines is 2. The van der Waals surface area contributed by atoms with Crippen molar-refractivity contribution >= 4 is 68.0 Å². The predicted molar refractivity (Wildman–Crippen MR) is 104 cm³/mol. The summed E-state index contributed by atoms with van der Waals surface area (Å²) < 4.78 is 102. The normalized spacial score (nSPS) is 11.9. The van der Waals surface area contributed by atoms with E-state index in [2.05, 4.69) is 0 Å². The number of carbonyl (C=O) groups is 2. The van der Waals surface area contributed by atoms with Gasteiger partial charge in [0, 0.05) is 9.79 Å². The van der Waals surface area contributed by atoms with Crippen LogP contribution in [0.5, 0.6) is 0 Å². The van der Waals surface area contributed by atoms with E-state index in [1.165, 1.54) is 10.6 Å². The third-order valence-electron chi connectivity index (χ3n) is 3.28. The molecule has 2 aromatic carbocycles. The summed E-state index contributed by atoms with van der Waals surface area (Å²) >= 11 is 11.7. The molecule has 0 fully saturated rings. The second-order valence-corrected chi connectivity index (χ2v) is 8.62. The van der Waals surface area contributed by atoms with E-state index in [0.717, 1.165) is 12.1 Å². The van der Waals surface area contributed by atoms with Gasteiger partial charge in [0.2, 0.25) is 0 Å². The van der Waals surface area contributed by atoms with Crippen molar-refractivity contribution in [1.29, 1.82) is 0 Å². The molecule has 0 atom stereocenters. The maximum atomic E-state index is 13.8. The molecule has 0 saturated heterocycles. The highest BCUT2D eigenvalue weighted by Gasteiger charge is 2.40. The van der Waals surface area contributed by atoms with Gasteiger partial charge in [0.15, 0.2) is 0 Å². The molecule has 0 spiro atoms. The minimum absolute atomic E-state index is 0.0724. The molecule has 0 aliphatic rings. The molecule has 4 nitrogen and oxygen atoms in total. The minimum Gasteiger partial charge on any atom is -0.316 e. The number of amides is 2. The quantitative estimate of drug-likeness (QED) is 0.312. The average molecular weight is 545 g/mol. The molecule has 0 unspecified atom stereocenters. The van der Waals surface area contributed by atoms with E-state index in [0.29, 0.717) is 33.7 Å². The Morgan fingerprint density at radius 3 is 1.28 bits per heavy atom. The van der Waals surface area contributed by atoms with Gasteiger partial charge in [-0.1, -0.05) is 44.8 Å². The predicted octanol–water partition coefficient (Wildman–Crippen LogP) is 7.07. The number of hydrogen-bond acceptors (Lipinski definition) is 4. The lowest BCUT2D eigenvalue weighted by atomic mass is 10.3. The zero-order valence-electron chi connectivity index (χ0n) is 14.7. The highest BCUT2D eigenvalue weighted by atomic mass is 35.5. The fourth-order valence-corrected chi connectivity index (χ4v) is 4.81. The number of alkyl halides is 6. The molecular formula is C16H6Cl2F8N2O2S2. The Hall–Kier alpha value is -1.90. The molecular weight excluding hydrogens is 539 g/mol. The molecule has 16 heteroatoms. The Labute approximate surface area is 191 Å². The van der Waals surface area contributed by atoms with Gasteiger partial charge < -0.3 is 10.6 Å². The molecule has 32 heavy (non-hydrogen) atoms. The Morgan fingerprint density at radius 1 is 0.688 bits per heavy atom. The van der Waals surface area contributed by atoms with Crippen LogP contribution in [-0.2, 0) is 9.59 Å². The molecule has 0 bridgehead atoms. The van der Waals surface area contributed by atoms with Crippen molar-refractivity contribution in [2.75, 3.05) is 10.6 Å². The second-order valence-electron chi connectivity index (χ2n) is 5.60. The Bertz CT molecular complexity index is 980. The van der Waals surface area contributed by atoms with Crippen LogP contribution in [0.3, 0.4) is 0 Å². The van der Waals surface area contributed by atoms with Gasteiger partial charge in [0.1, 0.15) is 11.6 Å². The van der Waals surface area contributed by atoms with Crippen LogP contribution in [0.1, 0.15) is 0 Å². The topological polar surface area (TPSA) is 58.2 Å². The van der Waals surface area contributed by atoms with Gasteiger partial charge in [0.05, 0.1) is 21.4 Å². The van der Waals surface area contributed by atoms with Crippen LogP contribution in [0.15, 0.2) is 34.1 Å². The molecule has 0 saturated carbocycles. The first kappa shape index (κ1) is 26.4. The molecule has 0 radical (unpaired) electrons. The number of halogens is 10. The summed E-state index contributed by atoms with van der Waals surface area (Å²) in [4.78, 5) is 21.9. The van der Waals surface area contributed by atoms with Gasteiger partial charge in [-0.15, -0.1) is 0 Å². The zero-order chi connectivity index (χ0) is 24.4. The summed E-state index contributed by atoms with van der Waals surface area (Å²) in [7, 11) is 1.31.